The molecule has 0 bridgehead atoms. The molecule has 24 heavy (non-hydrogen) atoms. The normalized spacial score (nSPS) is 12.0. The van der Waals surface area contributed by atoms with E-state index in [1.165, 1.54) is 29.2 Å². The molecule has 3 rings (SSSR count). The Balaban J connectivity index is 2.26. The van der Waals surface area contributed by atoms with Gasteiger partial charge in [0.2, 0.25) is 5.16 Å². The fraction of sp³-hybridized carbons (Fsp3) is 0.0667. The van der Waals surface area contributed by atoms with Crippen molar-refractivity contribution in [2.45, 2.75) is 5.16 Å². The van der Waals surface area contributed by atoms with Gasteiger partial charge in [0.05, 0.1) is 16.5 Å². The van der Waals surface area contributed by atoms with Crippen LogP contribution in [0.25, 0.3) is 16.7 Å². The van der Waals surface area contributed by atoms with Crippen LogP contribution in [0.15, 0.2) is 52.5 Å². The first kappa shape index (κ1) is 15.8. The first-order valence-electron chi connectivity index (χ1n) is 6.78. The third-order valence-corrected chi connectivity index (χ3v) is 3.94. The SMILES string of the molecule is CS(=O)c1ncc2ccc(=O)n(-c3cccc(NC(=O)O)c3)c2n1. The standard InChI is InChI=1S/C15H12N4O4S/c1-24(23)14-16-8-9-5-6-12(20)19(13(9)18-14)11-4-2-3-10(7-11)17-15(21)22/h2-8,17H,1H3,(H,21,22). The molecule has 0 aliphatic carbocycles. The Morgan fingerprint density at radius 3 is 2.79 bits per heavy atom. The van der Waals surface area contributed by atoms with Crippen LogP contribution in [0.1, 0.15) is 0 Å². The summed E-state index contributed by atoms with van der Waals surface area (Å²) in [6.45, 7) is 0. The highest BCUT2D eigenvalue weighted by Crippen LogP contribution is 2.18. The molecule has 1 atom stereocenters. The average Bonchev–Trinajstić information content (AvgIpc) is 2.53. The molecule has 9 heteroatoms. The smallest absolute Gasteiger partial charge is 0.409 e. The molecule has 1 aromatic carbocycles. The minimum Gasteiger partial charge on any atom is -0.465 e. The van der Waals surface area contributed by atoms with Gasteiger partial charge in [-0.05, 0) is 24.3 Å². The van der Waals surface area contributed by atoms with Gasteiger partial charge in [-0.2, -0.15) is 0 Å². The Kier molecular flexibility index (Phi) is 4.09. The van der Waals surface area contributed by atoms with Crippen molar-refractivity contribution in [3.63, 3.8) is 0 Å². The summed E-state index contributed by atoms with van der Waals surface area (Å²) in [5.74, 6) is 0. The van der Waals surface area contributed by atoms with Crippen molar-refractivity contribution >= 4 is 33.6 Å². The van der Waals surface area contributed by atoms with Gasteiger partial charge >= 0.3 is 6.09 Å². The molecule has 2 aromatic heterocycles. The monoisotopic (exact) mass is 344 g/mol. The van der Waals surface area contributed by atoms with E-state index in [0.717, 1.165) is 0 Å². The number of nitrogens with one attached hydrogen (secondary N) is 1. The van der Waals surface area contributed by atoms with Crippen LogP contribution in [0.5, 0.6) is 0 Å². The Labute approximate surface area is 138 Å². The fourth-order valence-electron chi connectivity index (χ4n) is 2.24. The minimum atomic E-state index is -1.40. The van der Waals surface area contributed by atoms with E-state index in [9.17, 15) is 13.8 Å². The molecular weight excluding hydrogens is 332 g/mol. The van der Waals surface area contributed by atoms with E-state index in [2.05, 4.69) is 15.3 Å². The predicted molar refractivity (Wildman–Crippen MR) is 89.1 cm³/mol. The summed E-state index contributed by atoms with van der Waals surface area (Å²) in [5, 5.41) is 11.8. The lowest BCUT2D eigenvalue weighted by Gasteiger charge is -2.11. The zero-order chi connectivity index (χ0) is 17.3. The fourth-order valence-corrected chi connectivity index (χ4v) is 2.65. The lowest BCUT2D eigenvalue weighted by atomic mass is 10.2. The molecular formula is C15H12N4O4S. The largest absolute Gasteiger partial charge is 0.465 e. The summed E-state index contributed by atoms with van der Waals surface area (Å²) < 4.78 is 12.9. The molecule has 0 aliphatic rings. The van der Waals surface area contributed by atoms with Gasteiger partial charge in [0.1, 0.15) is 0 Å². The number of benzene rings is 1. The van der Waals surface area contributed by atoms with Crippen LogP contribution in [0.3, 0.4) is 0 Å². The number of amides is 1. The van der Waals surface area contributed by atoms with Gasteiger partial charge in [0.15, 0.2) is 5.65 Å². The highest BCUT2D eigenvalue weighted by molar-refractivity contribution is 7.84. The number of nitrogens with zero attached hydrogens (tertiary/aromatic N) is 3. The van der Waals surface area contributed by atoms with Crippen LogP contribution in [-0.4, -0.2) is 36.2 Å². The second-order valence-corrected chi connectivity index (χ2v) is 6.15. The van der Waals surface area contributed by atoms with Gasteiger partial charge in [-0.1, -0.05) is 6.07 Å². The van der Waals surface area contributed by atoms with Crippen molar-refractivity contribution in [3.05, 3.63) is 52.9 Å². The molecule has 2 heterocycles. The van der Waals surface area contributed by atoms with E-state index < -0.39 is 16.9 Å². The van der Waals surface area contributed by atoms with Crippen molar-refractivity contribution in [1.29, 1.82) is 0 Å². The summed E-state index contributed by atoms with van der Waals surface area (Å²) in [4.78, 5) is 31.3. The molecule has 0 fully saturated rings. The molecule has 8 nitrogen and oxygen atoms in total. The maximum absolute atomic E-state index is 12.3. The number of aromatic nitrogens is 3. The first-order chi connectivity index (χ1) is 11.5. The maximum atomic E-state index is 12.3. The Morgan fingerprint density at radius 1 is 1.29 bits per heavy atom. The summed E-state index contributed by atoms with van der Waals surface area (Å²) >= 11 is 0. The van der Waals surface area contributed by atoms with E-state index in [0.29, 0.717) is 22.4 Å². The molecule has 1 amide bonds. The summed E-state index contributed by atoms with van der Waals surface area (Å²) in [7, 11) is -1.40. The third-order valence-electron chi connectivity index (χ3n) is 3.22. The van der Waals surface area contributed by atoms with Crippen LogP contribution in [0.4, 0.5) is 10.5 Å². The van der Waals surface area contributed by atoms with Gasteiger partial charge in [-0.25, -0.2) is 14.8 Å². The summed E-state index contributed by atoms with van der Waals surface area (Å²) in [6, 6.07) is 9.29. The van der Waals surface area contributed by atoms with Crippen molar-refractivity contribution < 1.29 is 14.1 Å². The van der Waals surface area contributed by atoms with Crippen LogP contribution < -0.4 is 10.9 Å². The highest BCUT2D eigenvalue weighted by Gasteiger charge is 2.11. The third kappa shape index (κ3) is 3.01. The first-order valence-corrected chi connectivity index (χ1v) is 8.34. The molecule has 1 unspecified atom stereocenters. The predicted octanol–water partition coefficient (Wildman–Crippen LogP) is 1.61. The number of carboxylic acid groups (broad SMARTS) is 1. The van der Waals surface area contributed by atoms with E-state index in [4.69, 9.17) is 5.11 Å². The molecule has 3 aromatic rings. The summed E-state index contributed by atoms with van der Waals surface area (Å²) in [5.41, 5.74) is 0.706. The van der Waals surface area contributed by atoms with Crippen LogP contribution in [0, 0.1) is 0 Å². The quantitative estimate of drug-likeness (QED) is 0.698. The zero-order valence-corrected chi connectivity index (χ0v) is 13.3. The molecule has 0 radical (unpaired) electrons. The lowest BCUT2D eigenvalue weighted by Crippen LogP contribution is -2.19. The Bertz CT molecular complexity index is 1030. The number of hydrogen-bond acceptors (Lipinski definition) is 5. The number of hydrogen-bond donors (Lipinski definition) is 2. The highest BCUT2D eigenvalue weighted by atomic mass is 32.2. The molecule has 2 N–H and O–H groups in total. The van der Waals surface area contributed by atoms with Crippen LogP contribution in [-0.2, 0) is 10.8 Å². The molecule has 0 spiro atoms. The molecule has 0 aliphatic heterocycles. The zero-order valence-electron chi connectivity index (χ0n) is 12.5. The van der Waals surface area contributed by atoms with Gasteiger partial charge < -0.3 is 5.11 Å². The number of rotatable bonds is 3. The number of anilines is 1. The van der Waals surface area contributed by atoms with Gasteiger partial charge in [0.25, 0.3) is 5.56 Å². The number of carbonyl (C=O) groups is 1. The number of fused-ring (bicyclic) bond motifs is 1. The van der Waals surface area contributed by atoms with Gasteiger partial charge in [-0.15, -0.1) is 0 Å². The Morgan fingerprint density at radius 2 is 2.08 bits per heavy atom. The molecule has 0 saturated carbocycles. The van der Waals surface area contributed by atoms with Crippen LogP contribution in [0.2, 0.25) is 0 Å². The van der Waals surface area contributed by atoms with Crippen molar-refractivity contribution in [3.8, 4) is 5.69 Å². The van der Waals surface area contributed by atoms with E-state index in [1.807, 2.05) is 0 Å². The Hall–Kier alpha value is -3.07. The van der Waals surface area contributed by atoms with E-state index in [-0.39, 0.29) is 10.7 Å². The average molecular weight is 344 g/mol. The minimum absolute atomic E-state index is 0.113. The number of pyridine rings is 1. The van der Waals surface area contributed by atoms with Gasteiger partial charge in [-0.3, -0.25) is 18.9 Å². The van der Waals surface area contributed by atoms with E-state index in [1.54, 1.807) is 24.3 Å². The van der Waals surface area contributed by atoms with Crippen LogP contribution >= 0.6 is 0 Å². The van der Waals surface area contributed by atoms with Gasteiger partial charge in [0, 0.05) is 29.6 Å². The van der Waals surface area contributed by atoms with E-state index >= 15 is 0 Å². The second-order valence-electron chi connectivity index (χ2n) is 4.87. The molecule has 0 saturated heterocycles. The van der Waals surface area contributed by atoms with Crippen molar-refractivity contribution in [2.24, 2.45) is 0 Å². The lowest BCUT2D eigenvalue weighted by molar-refractivity contribution is 0.210. The topological polar surface area (TPSA) is 114 Å². The molecule has 122 valence electrons. The maximum Gasteiger partial charge on any atom is 0.409 e. The second kappa shape index (κ2) is 6.20. The van der Waals surface area contributed by atoms with Crippen molar-refractivity contribution in [2.75, 3.05) is 11.6 Å². The van der Waals surface area contributed by atoms with Crippen molar-refractivity contribution in [1.82, 2.24) is 14.5 Å². The summed E-state index contributed by atoms with van der Waals surface area (Å²) in [6.07, 6.45) is 1.74.